The van der Waals surface area contributed by atoms with Crippen LogP contribution in [0.5, 0.6) is 5.75 Å². The van der Waals surface area contributed by atoms with Crippen molar-refractivity contribution in [2.24, 2.45) is 0 Å². The molecule has 80 valence electrons. The maximum absolute atomic E-state index is 8.41. The molecule has 0 fully saturated rings. The van der Waals surface area contributed by atoms with Gasteiger partial charge in [-0.25, -0.2) is 0 Å². The Morgan fingerprint density at radius 2 is 2.27 bits per heavy atom. The maximum atomic E-state index is 8.41. The third-order valence-electron chi connectivity index (χ3n) is 2.32. The van der Waals surface area contributed by atoms with Gasteiger partial charge in [-0.3, -0.25) is 0 Å². The van der Waals surface area contributed by atoms with Gasteiger partial charge in [0, 0.05) is 5.75 Å². The van der Waals surface area contributed by atoms with Gasteiger partial charge in [0.25, 0.3) is 0 Å². The van der Waals surface area contributed by atoms with E-state index in [-0.39, 0.29) is 0 Å². The molecule has 0 atom stereocenters. The highest BCUT2D eigenvalue weighted by Crippen LogP contribution is 2.23. The van der Waals surface area contributed by atoms with Crippen LogP contribution < -0.4 is 4.74 Å². The molecule has 2 nitrogen and oxygen atoms in total. The molecule has 0 heterocycles. The van der Waals surface area contributed by atoms with Crippen molar-refractivity contribution in [3.8, 4) is 11.2 Å². The summed E-state index contributed by atoms with van der Waals surface area (Å²) in [5.74, 6) is 1.84. The molecule has 0 bridgehead atoms. The molecule has 0 aliphatic carbocycles. The minimum atomic E-state index is 0.883. The summed E-state index contributed by atoms with van der Waals surface area (Å²) in [5.41, 5.74) is 2.52. The van der Waals surface area contributed by atoms with Crippen molar-refractivity contribution in [2.75, 3.05) is 12.9 Å². The summed E-state index contributed by atoms with van der Waals surface area (Å²) in [6, 6.07) is 6.08. The van der Waals surface area contributed by atoms with Crippen LogP contribution in [0.4, 0.5) is 0 Å². The molecule has 15 heavy (non-hydrogen) atoms. The molecule has 0 unspecified atom stereocenters. The van der Waals surface area contributed by atoms with Gasteiger partial charge in [-0.1, -0.05) is 12.1 Å². The van der Waals surface area contributed by atoms with E-state index >= 15 is 0 Å². The van der Waals surface area contributed by atoms with Crippen molar-refractivity contribution in [3.63, 3.8) is 0 Å². The standard InChI is InChI=1S/C12H15NOS/c1-10-5-3-7-12(14-2)11(10)6-4-8-15-9-13/h3,5,7H,4,6,8H2,1-2H3. The Bertz CT molecular complexity index is 357. The number of nitrogens with zero attached hydrogens (tertiary/aromatic N) is 1. The molecular weight excluding hydrogens is 206 g/mol. The van der Waals surface area contributed by atoms with Crippen LogP contribution in [0, 0.1) is 17.6 Å². The molecule has 0 saturated carbocycles. The predicted molar refractivity (Wildman–Crippen MR) is 64.1 cm³/mol. The van der Waals surface area contributed by atoms with Gasteiger partial charge in [0.1, 0.15) is 11.2 Å². The van der Waals surface area contributed by atoms with Gasteiger partial charge < -0.3 is 4.74 Å². The highest BCUT2D eigenvalue weighted by Gasteiger charge is 2.05. The Labute approximate surface area is 95.3 Å². The number of hydrogen-bond acceptors (Lipinski definition) is 3. The molecule has 0 aromatic heterocycles. The summed E-state index contributed by atoms with van der Waals surface area (Å²) >= 11 is 1.31. The summed E-state index contributed by atoms with van der Waals surface area (Å²) in [6.07, 6.45) is 1.99. The minimum absolute atomic E-state index is 0.883. The number of methoxy groups -OCH3 is 1. The molecular formula is C12H15NOS. The normalized spacial score (nSPS) is 9.67. The molecule has 0 aliphatic heterocycles. The quantitative estimate of drug-likeness (QED) is 0.565. The zero-order valence-electron chi connectivity index (χ0n) is 9.12. The summed E-state index contributed by atoms with van der Waals surface area (Å²) in [4.78, 5) is 0. The number of ether oxygens (including phenoxy) is 1. The van der Waals surface area contributed by atoms with Crippen LogP contribution in [0.1, 0.15) is 17.5 Å². The number of aryl methyl sites for hydroxylation is 1. The first-order valence-corrected chi connectivity index (χ1v) is 5.91. The van der Waals surface area contributed by atoms with Crippen molar-refractivity contribution < 1.29 is 4.74 Å². The first kappa shape index (κ1) is 11.9. The zero-order valence-corrected chi connectivity index (χ0v) is 9.93. The van der Waals surface area contributed by atoms with E-state index in [0.29, 0.717) is 0 Å². The number of rotatable bonds is 5. The van der Waals surface area contributed by atoms with Gasteiger partial charge >= 0.3 is 0 Å². The van der Waals surface area contributed by atoms with Crippen molar-refractivity contribution >= 4 is 11.8 Å². The summed E-state index contributed by atoms with van der Waals surface area (Å²) in [6.45, 7) is 2.09. The fourth-order valence-corrected chi connectivity index (χ4v) is 1.93. The van der Waals surface area contributed by atoms with Crippen LogP contribution in [0.15, 0.2) is 18.2 Å². The summed E-state index contributed by atoms with van der Waals surface area (Å²) < 4.78 is 5.31. The lowest BCUT2D eigenvalue weighted by Crippen LogP contribution is -1.96. The predicted octanol–water partition coefficient (Wildman–Crippen LogP) is 3.15. The highest BCUT2D eigenvalue weighted by atomic mass is 32.2. The van der Waals surface area contributed by atoms with Gasteiger partial charge in [-0.05, 0) is 48.7 Å². The third-order valence-corrected chi connectivity index (χ3v) is 2.95. The minimum Gasteiger partial charge on any atom is -0.496 e. The van der Waals surface area contributed by atoms with Gasteiger partial charge in [0.2, 0.25) is 0 Å². The van der Waals surface area contributed by atoms with Crippen LogP contribution in [-0.2, 0) is 6.42 Å². The lowest BCUT2D eigenvalue weighted by atomic mass is 10.0. The van der Waals surface area contributed by atoms with E-state index in [1.165, 1.54) is 22.9 Å². The first-order valence-electron chi connectivity index (χ1n) is 4.93. The van der Waals surface area contributed by atoms with E-state index in [9.17, 15) is 0 Å². The number of thiocyanates is 1. The second kappa shape index (κ2) is 6.36. The Morgan fingerprint density at radius 1 is 1.47 bits per heavy atom. The average molecular weight is 221 g/mol. The van der Waals surface area contributed by atoms with Gasteiger partial charge in [-0.15, -0.1) is 0 Å². The molecule has 0 amide bonds. The van der Waals surface area contributed by atoms with E-state index in [0.717, 1.165) is 24.3 Å². The van der Waals surface area contributed by atoms with E-state index in [1.807, 2.05) is 12.1 Å². The topological polar surface area (TPSA) is 33.0 Å². The van der Waals surface area contributed by atoms with Crippen molar-refractivity contribution in [1.82, 2.24) is 0 Å². The zero-order chi connectivity index (χ0) is 11.1. The number of hydrogen-bond donors (Lipinski definition) is 0. The van der Waals surface area contributed by atoms with Crippen LogP contribution >= 0.6 is 11.8 Å². The number of benzene rings is 1. The Hall–Kier alpha value is -1.14. The smallest absolute Gasteiger partial charge is 0.133 e. The monoisotopic (exact) mass is 221 g/mol. The number of thioether (sulfide) groups is 1. The van der Waals surface area contributed by atoms with Crippen LogP contribution in [0.3, 0.4) is 0 Å². The van der Waals surface area contributed by atoms with Crippen LogP contribution in [0.25, 0.3) is 0 Å². The second-order valence-electron chi connectivity index (χ2n) is 3.30. The lowest BCUT2D eigenvalue weighted by Gasteiger charge is -2.10. The van der Waals surface area contributed by atoms with Gasteiger partial charge in [0.15, 0.2) is 0 Å². The Kier molecular flexibility index (Phi) is 5.06. The molecule has 3 heteroatoms. The molecule has 1 aromatic carbocycles. The fraction of sp³-hybridized carbons (Fsp3) is 0.417. The SMILES string of the molecule is COc1cccc(C)c1CCCSC#N. The molecule has 0 radical (unpaired) electrons. The van der Waals surface area contributed by atoms with E-state index in [2.05, 4.69) is 18.4 Å². The van der Waals surface area contributed by atoms with Crippen LogP contribution in [0.2, 0.25) is 0 Å². The molecule has 0 N–H and O–H groups in total. The molecule has 0 saturated heterocycles. The molecule has 1 aromatic rings. The maximum Gasteiger partial charge on any atom is 0.133 e. The molecule has 0 spiro atoms. The first-order chi connectivity index (χ1) is 7.29. The average Bonchev–Trinajstić information content (AvgIpc) is 2.26. The van der Waals surface area contributed by atoms with Crippen molar-refractivity contribution in [1.29, 1.82) is 5.26 Å². The van der Waals surface area contributed by atoms with Crippen molar-refractivity contribution in [3.05, 3.63) is 29.3 Å². The van der Waals surface area contributed by atoms with E-state index < -0.39 is 0 Å². The summed E-state index contributed by atoms with van der Waals surface area (Å²) in [7, 11) is 1.70. The second-order valence-corrected chi connectivity index (χ2v) is 4.18. The van der Waals surface area contributed by atoms with E-state index in [4.69, 9.17) is 10.00 Å². The molecule has 0 aliphatic rings. The third kappa shape index (κ3) is 3.49. The Balaban J connectivity index is 2.63. The lowest BCUT2D eigenvalue weighted by molar-refractivity contribution is 0.409. The molecule has 1 rings (SSSR count). The highest BCUT2D eigenvalue weighted by molar-refractivity contribution is 8.03. The van der Waals surface area contributed by atoms with Gasteiger partial charge in [0.05, 0.1) is 7.11 Å². The number of nitriles is 1. The Morgan fingerprint density at radius 3 is 2.93 bits per heavy atom. The largest absolute Gasteiger partial charge is 0.496 e. The fourth-order valence-electron chi connectivity index (χ4n) is 1.55. The van der Waals surface area contributed by atoms with Gasteiger partial charge in [-0.2, -0.15) is 5.26 Å². The van der Waals surface area contributed by atoms with Crippen LogP contribution in [-0.4, -0.2) is 12.9 Å². The van der Waals surface area contributed by atoms with E-state index in [1.54, 1.807) is 7.11 Å². The van der Waals surface area contributed by atoms with Crippen molar-refractivity contribution in [2.45, 2.75) is 19.8 Å². The summed E-state index contributed by atoms with van der Waals surface area (Å²) in [5, 5.41) is 10.5.